The molecule has 0 aliphatic rings. The van der Waals surface area contributed by atoms with E-state index in [9.17, 15) is 18.5 Å². The highest BCUT2D eigenvalue weighted by atomic mass is 32.2. The Morgan fingerprint density at radius 1 is 1.00 bits per heavy atom. The fourth-order valence-electron chi connectivity index (χ4n) is 3.25. The van der Waals surface area contributed by atoms with E-state index in [1.807, 2.05) is 13.0 Å². The maximum atomic E-state index is 13.2. The van der Waals surface area contributed by atoms with Crippen molar-refractivity contribution >= 4 is 33.3 Å². The van der Waals surface area contributed by atoms with Gasteiger partial charge in [-0.1, -0.05) is 23.8 Å². The molecule has 3 aromatic rings. The van der Waals surface area contributed by atoms with Gasteiger partial charge in [-0.2, -0.15) is 5.10 Å². The van der Waals surface area contributed by atoms with Gasteiger partial charge < -0.3 is 9.47 Å². The molecule has 0 saturated heterocycles. The number of non-ortho nitro benzene ring substituents is 1. The Morgan fingerprint density at radius 2 is 1.74 bits per heavy atom. The van der Waals surface area contributed by atoms with Gasteiger partial charge in [-0.25, -0.2) is 8.42 Å². The molecule has 10 nitrogen and oxygen atoms in total. The first kappa shape index (κ1) is 24.5. The van der Waals surface area contributed by atoms with Crippen LogP contribution in [0.3, 0.4) is 0 Å². The van der Waals surface area contributed by atoms with Crippen LogP contribution in [0.2, 0.25) is 0 Å². The summed E-state index contributed by atoms with van der Waals surface area (Å²) >= 11 is 0. The van der Waals surface area contributed by atoms with Crippen LogP contribution in [0.4, 0.5) is 17.1 Å². The molecule has 0 fully saturated rings. The van der Waals surface area contributed by atoms with Gasteiger partial charge in [0.25, 0.3) is 15.7 Å². The Balaban J connectivity index is 1.98. The number of rotatable bonds is 9. The number of hydrogen-bond acceptors (Lipinski definition) is 8. The summed E-state index contributed by atoms with van der Waals surface area (Å²) < 4.78 is 39.5. The van der Waals surface area contributed by atoms with Crippen molar-refractivity contribution < 1.29 is 22.8 Å². The van der Waals surface area contributed by atoms with E-state index in [-0.39, 0.29) is 16.3 Å². The SMILES string of the molecule is COc1cccc(/C=N\Nc2ccc([N+](=O)[O-])cc2S(=O)(=O)Nc2ccc(C)cc2C)c1OC. The highest BCUT2D eigenvalue weighted by Gasteiger charge is 2.23. The zero-order chi connectivity index (χ0) is 24.9. The molecule has 0 heterocycles. The summed E-state index contributed by atoms with van der Waals surface area (Å²) in [5.41, 5.74) is 4.98. The molecule has 0 radical (unpaired) electrons. The number of hydrogen-bond donors (Lipinski definition) is 2. The standard InChI is InChI=1S/C23H24N4O6S/c1-15-8-10-19(16(2)12-15)26-34(30,31)22-13-18(27(28)29)9-11-20(22)25-24-14-17-6-5-7-21(32-3)23(17)33-4/h5-14,25-26H,1-4H3/b24-14-. The van der Waals surface area contributed by atoms with E-state index in [0.29, 0.717) is 28.3 Å². The van der Waals surface area contributed by atoms with Gasteiger partial charge in [0, 0.05) is 17.7 Å². The van der Waals surface area contributed by atoms with Crippen molar-refractivity contribution in [3.8, 4) is 11.5 Å². The Bertz CT molecular complexity index is 1360. The molecule has 0 unspecified atom stereocenters. The number of para-hydroxylation sites is 1. The van der Waals surface area contributed by atoms with Crippen LogP contribution >= 0.6 is 0 Å². The molecule has 3 rings (SSSR count). The molecule has 34 heavy (non-hydrogen) atoms. The summed E-state index contributed by atoms with van der Waals surface area (Å²) in [6, 6.07) is 13.9. The van der Waals surface area contributed by atoms with Gasteiger partial charge in [0.2, 0.25) is 0 Å². The number of sulfonamides is 1. The minimum Gasteiger partial charge on any atom is -0.493 e. The van der Waals surface area contributed by atoms with Crippen LogP contribution < -0.4 is 19.6 Å². The average molecular weight is 485 g/mol. The lowest BCUT2D eigenvalue weighted by molar-refractivity contribution is -0.385. The van der Waals surface area contributed by atoms with E-state index < -0.39 is 14.9 Å². The van der Waals surface area contributed by atoms with Crippen molar-refractivity contribution in [2.24, 2.45) is 5.10 Å². The molecule has 3 aromatic carbocycles. The number of anilines is 2. The number of ether oxygens (including phenoxy) is 2. The number of nitro groups is 1. The van der Waals surface area contributed by atoms with E-state index in [1.165, 1.54) is 32.6 Å². The molecular formula is C23H24N4O6S. The first-order valence-corrected chi connectivity index (χ1v) is 11.5. The van der Waals surface area contributed by atoms with Gasteiger partial charge in [0.05, 0.1) is 36.7 Å². The van der Waals surface area contributed by atoms with Gasteiger partial charge in [-0.05, 0) is 43.7 Å². The molecule has 0 aliphatic heterocycles. The van der Waals surface area contributed by atoms with Crippen molar-refractivity contribution in [3.05, 3.63) is 81.4 Å². The second-order valence-electron chi connectivity index (χ2n) is 7.31. The Kier molecular flexibility index (Phi) is 7.37. The summed E-state index contributed by atoms with van der Waals surface area (Å²) in [4.78, 5) is 10.3. The Labute approximate surface area is 197 Å². The maximum Gasteiger partial charge on any atom is 0.270 e. The zero-order valence-electron chi connectivity index (χ0n) is 19.0. The van der Waals surface area contributed by atoms with Crippen molar-refractivity contribution in [2.45, 2.75) is 18.7 Å². The molecule has 0 aromatic heterocycles. The fraction of sp³-hybridized carbons (Fsp3) is 0.174. The molecular weight excluding hydrogens is 460 g/mol. The summed E-state index contributed by atoms with van der Waals surface area (Å²) in [5.74, 6) is 0.950. The number of hydrazone groups is 1. The highest BCUT2D eigenvalue weighted by Crippen LogP contribution is 2.31. The van der Waals surface area contributed by atoms with E-state index >= 15 is 0 Å². The van der Waals surface area contributed by atoms with E-state index in [1.54, 1.807) is 37.3 Å². The highest BCUT2D eigenvalue weighted by molar-refractivity contribution is 7.92. The molecule has 0 bridgehead atoms. The predicted octanol–water partition coefficient (Wildman–Crippen LogP) is 4.48. The van der Waals surface area contributed by atoms with Crippen LogP contribution in [-0.4, -0.2) is 33.8 Å². The largest absolute Gasteiger partial charge is 0.493 e. The van der Waals surface area contributed by atoms with Gasteiger partial charge in [0.15, 0.2) is 11.5 Å². The number of nitro benzene ring substituents is 1. The molecule has 0 amide bonds. The number of nitrogens with one attached hydrogen (secondary N) is 2. The van der Waals surface area contributed by atoms with Crippen molar-refractivity contribution in [1.29, 1.82) is 0 Å². The third kappa shape index (κ3) is 5.44. The summed E-state index contributed by atoms with van der Waals surface area (Å²) in [7, 11) is -1.19. The smallest absolute Gasteiger partial charge is 0.270 e. The number of methoxy groups -OCH3 is 2. The van der Waals surface area contributed by atoms with Crippen LogP contribution in [-0.2, 0) is 10.0 Å². The minimum absolute atomic E-state index is 0.0565. The third-order valence-electron chi connectivity index (χ3n) is 4.91. The van der Waals surface area contributed by atoms with Crippen LogP contribution in [0, 0.1) is 24.0 Å². The molecule has 0 atom stereocenters. The lowest BCUT2D eigenvalue weighted by Crippen LogP contribution is -2.16. The minimum atomic E-state index is -4.19. The zero-order valence-corrected chi connectivity index (χ0v) is 19.8. The maximum absolute atomic E-state index is 13.2. The predicted molar refractivity (Wildman–Crippen MR) is 131 cm³/mol. The van der Waals surface area contributed by atoms with Crippen LogP contribution in [0.25, 0.3) is 0 Å². The first-order valence-electron chi connectivity index (χ1n) is 10.0. The van der Waals surface area contributed by atoms with Crippen molar-refractivity contribution in [3.63, 3.8) is 0 Å². The second-order valence-corrected chi connectivity index (χ2v) is 8.97. The van der Waals surface area contributed by atoms with E-state index in [4.69, 9.17) is 9.47 Å². The normalized spacial score (nSPS) is 11.3. The van der Waals surface area contributed by atoms with Crippen molar-refractivity contribution in [1.82, 2.24) is 0 Å². The van der Waals surface area contributed by atoms with Crippen LogP contribution in [0.5, 0.6) is 11.5 Å². The molecule has 178 valence electrons. The average Bonchev–Trinajstić information content (AvgIpc) is 2.80. The number of nitrogens with zero attached hydrogens (tertiary/aromatic N) is 2. The summed E-state index contributed by atoms with van der Waals surface area (Å²) in [6.07, 6.45) is 1.43. The lowest BCUT2D eigenvalue weighted by Gasteiger charge is -2.14. The summed E-state index contributed by atoms with van der Waals surface area (Å²) in [5, 5.41) is 15.4. The number of benzene rings is 3. The number of aryl methyl sites for hydroxylation is 2. The van der Waals surface area contributed by atoms with Crippen LogP contribution in [0.1, 0.15) is 16.7 Å². The van der Waals surface area contributed by atoms with E-state index in [0.717, 1.165) is 11.6 Å². The second kappa shape index (κ2) is 10.2. The molecule has 11 heteroatoms. The van der Waals surface area contributed by atoms with Gasteiger partial charge >= 0.3 is 0 Å². The monoisotopic (exact) mass is 484 g/mol. The Hall–Kier alpha value is -4.12. The quantitative estimate of drug-likeness (QED) is 0.260. The third-order valence-corrected chi connectivity index (χ3v) is 6.32. The van der Waals surface area contributed by atoms with Crippen LogP contribution in [0.15, 0.2) is 64.6 Å². The molecule has 0 aliphatic carbocycles. The Morgan fingerprint density at radius 3 is 2.38 bits per heavy atom. The van der Waals surface area contributed by atoms with Crippen molar-refractivity contribution in [2.75, 3.05) is 24.4 Å². The van der Waals surface area contributed by atoms with Gasteiger partial charge in [0.1, 0.15) is 4.90 Å². The van der Waals surface area contributed by atoms with E-state index in [2.05, 4.69) is 15.2 Å². The fourth-order valence-corrected chi connectivity index (χ4v) is 4.56. The molecule has 0 saturated carbocycles. The van der Waals surface area contributed by atoms with Gasteiger partial charge in [-0.15, -0.1) is 0 Å². The topological polar surface area (TPSA) is 132 Å². The molecule has 0 spiro atoms. The van der Waals surface area contributed by atoms with Gasteiger partial charge in [-0.3, -0.25) is 20.3 Å². The summed E-state index contributed by atoms with van der Waals surface area (Å²) in [6.45, 7) is 3.66. The first-order chi connectivity index (χ1) is 16.2. The molecule has 2 N–H and O–H groups in total. The lowest BCUT2D eigenvalue weighted by atomic mass is 10.1.